The van der Waals surface area contributed by atoms with E-state index in [2.05, 4.69) is 15.0 Å². The molecule has 0 unspecified atom stereocenters. The van der Waals surface area contributed by atoms with Crippen molar-refractivity contribution in [2.45, 2.75) is 70.4 Å². The summed E-state index contributed by atoms with van der Waals surface area (Å²) < 4.78 is 9.22. The molecule has 0 radical (unpaired) electrons. The number of aromatic nitrogens is 4. The molecule has 2 aromatic heterocycles. The topological polar surface area (TPSA) is 82.2 Å². The molecule has 1 atom stereocenters. The van der Waals surface area contributed by atoms with E-state index >= 15 is 0 Å². The molecule has 30 heavy (non-hydrogen) atoms. The molecule has 1 saturated carbocycles. The SMILES string of the molecule is O=c1c(=O)n2c(nn1CC1CCCCC1)CO[C@]1(CCN(Cc3ccccn3)C1)C2. The van der Waals surface area contributed by atoms with Crippen LogP contribution in [0.15, 0.2) is 34.0 Å². The molecule has 4 heterocycles. The van der Waals surface area contributed by atoms with Crippen molar-refractivity contribution in [2.75, 3.05) is 13.1 Å². The summed E-state index contributed by atoms with van der Waals surface area (Å²) in [5.41, 5.74) is -0.364. The summed E-state index contributed by atoms with van der Waals surface area (Å²) in [4.78, 5) is 32.3. The third-order valence-corrected chi connectivity index (χ3v) is 6.83. The van der Waals surface area contributed by atoms with Crippen molar-refractivity contribution in [3.05, 3.63) is 56.6 Å². The highest BCUT2D eigenvalue weighted by Crippen LogP contribution is 2.32. The maximum absolute atomic E-state index is 12.9. The van der Waals surface area contributed by atoms with Gasteiger partial charge in [0.25, 0.3) is 0 Å². The Hall–Kier alpha value is -2.32. The fourth-order valence-electron chi connectivity index (χ4n) is 5.17. The zero-order valence-corrected chi connectivity index (χ0v) is 17.3. The fraction of sp³-hybridized carbons (Fsp3) is 0.636. The van der Waals surface area contributed by atoms with Crippen LogP contribution in [-0.2, 0) is 31.0 Å². The highest BCUT2D eigenvalue weighted by atomic mass is 16.5. The zero-order valence-electron chi connectivity index (χ0n) is 17.3. The number of hydrogen-bond donors (Lipinski definition) is 0. The van der Waals surface area contributed by atoms with Crippen molar-refractivity contribution in [3.63, 3.8) is 0 Å². The Morgan fingerprint density at radius 3 is 2.77 bits per heavy atom. The highest BCUT2D eigenvalue weighted by Gasteiger charge is 2.43. The molecule has 1 saturated heterocycles. The lowest BCUT2D eigenvalue weighted by Gasteiger charge is -2.35. The summed E-state index contributed by atoms with van der Waals surface area (Å²) >= 11 is 0. The summed E-state index contributed by atoms with van der Waals surface area (Å²) in [5.74, 6) is 1.02. The third kappa shape index (κ3) is 3.86. The first kappa shape index (κ1) is 19.6. The van der Waals surface area contributed by atoms with Crippen LogP contribution in [0.25, 0.3) is 0 Å². The minimum atomic E-state index is -0.496. The summed E-state index contributed by atoms with van der Waals surface area (Å²) in [6.07, 6.45) is 8.51. The van der Waals surface area contributed by atoms with Gasteiger partial charge in [0.2, 0.25) is 0 Å². The van der Waals surface area contributed by atoms with Crippen LogP contribution in [0.1, 0.15) is 50.0 Å². The van der Waals surface area contributed by atoms with Gasteiger partial charge in [-0.25, -0.2) is 4.68 Å². The average molecular weight is 412 g/mol. The molecule has 2 aromatic rings. The van der Waals surface area contributed by atoms with Gasteiger partial charge in [-0.2, -0.15) is 5.10 Å². The monoisotopic (exact) mass is 411 g/mol. The van der Waals surface area contributed by atoms with Gasteiger partial charge in [-0.3, -0.25) is 24.0 Å². The quantitative estimate of drug-likeness (QED) is 0.710. The average Bonchev–Trinajstić information content (AvgIpc) is 3.16. The molecule has 2 fully saturated rings. The van der Waals surface area contributed by atoms with Gasteiger partial charge < -0.3 is 4.74 Å². The molecular weight excluding hydrogens is 382 g/mol. The van der Waals surface area contributed by atoms with E-state index in [4.69, 9.17) is 4.74 Å². The Balaban J connectivity index is 1.32. The van der Waals surface area contributed by atoms with E-state index < -0.39 is 16.7 Å². The lowest BCUT2D eigenvalue weighted by atomic mass is 9.89. The first-order chi connectivity index (χ1) is 14.6. The largest absolute Gasteiger partial charge is 0.364 e. The van der Waals surface area contributed by atoms with Crippen molar-refractivity contribution in [1.82, 2.24) is 24.2 Å². The van der Waals surface area contributed by atoms with Crippen LogP contribution in [0, 0.1) is 5.92 Å². The van der Waals surface area contributed by atoms with Gasteiger partial charge in [0, 0.05) is 32.4 Å². The molecule has 0 bridgehead atoms. The molecular formula is C22H29N5O3. The maximum Gasteiger partial charge on any atom is 0.332 e. The molecule has 5 rings (SSSR count). The van der Waals surface area contributed by atoms with Crippen molar-refractivity contribution in [1.29, 1.82) is 0 Å². The van der Waals surface area contributed by atoms with Crippen molar-refractivity contribution >= 4 is 0 Å². The van der Waals surface area contributed by atoms with Crippen LogP contribution in [0.3, 0.4) is 0 Å². The van der Waals surface area contributed by atoms with Gasteiger partial charge in [0.1, 0.15) is 12.2 Å². The molecule has 8 nitrogen and oxygen atoms in total. The van der Waals surface area contributed by atoms with Crippen molar-refractivity contribution in [2.24, 2.45) is 5.92 Å². The zero-order chi connectivity index (χ0) is 20.6. The second-order valence-corrected chi connectivity index (χ2v) is 9.05. The summed E-state index contributed by atoms with van der Waals surface area (Å²) in [6, 6.07) is 5.92. The van der Waals surface area contributed by atoms with E-state index in [9.17, 15) is 9.59 Å². The molecule has 0 aromatic carbocycles. The first-order valence-electron chi connectivity index (χ1n) is 11.1. The Morgan fingerprint density at radius 1 is 1.10 bits per heavy atom. The van der Waals surface area contributed by atoms with Gasteiger partial charge >= 0.3 is 11.1 Å². The van der Waals surface area contributed by atoms with Crippen LogP contribution in [-0.4, -0.2) is 42.9 Å². The van der Waals surface area contributed by atoms with Crippen LogP contribution in [0.5, 0.6) is 0 Å². The second kappa shape index (κ2) is 8.07. The van der Waals surface area contributed by atoms with E-state index in [1.807, 2.05) is 18.2 Å². The van der Waals surface area contributed by atoms with Crippen molar-refractivity contribution in [3.8, 4) is 0 Å². The minimum absolute atomic E-state index is 0.275. The van der Waals surface area contributed by atoms with Crippen molar-refractivity contribution < 1.29 is 4.74 Å². The number of ether oxygens (including phenoxy) is 1. The lowest BCUT2D eigenvalue weighted by molar-refractivity contribution is -0.0860. The van der Waals surface area contributed by atoms with Crippen LogP contribution in [0.4, 0.5) is 0 Å². The van der Waals surface area contributed by atoms with E-state index in [0.29, 0.717) is 24.8 Å². The molecule has 0 N–H and O–H groups in total. The maximum atomic E-state index is 12.9. The second-order valence-electron chi connectivity index (χ2n) is 9.05. The number of likely N-dealkylation sites (tertiary alicyclic amines) is 1. The standard InChI is InChI=1S/C22H29N5O3/c28-20-21(29)27(12-17-6-2-1-3-7-17)24-19-14-30-22(16-26(19)20)9-11-25(15-22)13-18-8-4-5-10-23-18/h4-5,8,10,17H,1-3,6-7,9,11-16H2/t22-/m0/s1. The predicted octanol–water partition coefficient (Wildman–Crippen LogP) is 1.56. The Bertz CT molecular complexity index is 1010. The number of rotatable bonds is 4. The van der Waals surface area contributed by atoms with Gasteiger partial charge in [-0.05, 0) is 37.3 Å². The van der Waals surface area contributed by atoms with Gasteiger partial charge in [0.05, 0.1) is 12.2 Å². The number of nitrogens with zero attached hydrogens (tertiary/aromatic N) is 5. The fourth-order valence-corrected chi connectivity index (χ4v) is 5.17. The number of hydrogen-bond acceptors (Lipinski definition) is 6. The molecule has 8 heteroatoms. The minimum Gasteiger partial charge on any atom is -0.364 e. The van der Waals surface area contributed by atoms with E-state index in [0.717, 1.165) is 44.6 Å². The van der Waals surface area contributed by atoms with Gasteiger partial charge in [-0.15, -0.1) is 0 Å². The normalized spacial score (nSPS) is 24.9. The smallest absolute Gasteiger partial charge is 0.332 e. The summed E-state index contributed by atoms with van der Waals surface area (Å²) in [5, 5.41) is 4.53. The molecule has 3 aliphatic rings. The van der Waals surface area contributed by atoms with E-state index in [-0.39, 0.29) is 6.61 Å². The summed E-state index contributed by atoms with van der Waals surface area (Å²) in [7, 11) is 0. The third-order valence-electron chi connectivity index (χ3n) is 6.83. The van der Waals surface area contributed by atoms with Crippen LogP contribution in [0.2, 0.25) is 0 Å². The first-order valence-corrected chi connectivity index (χ1v) is 11.1. The molecule has 1 aliphatic carbocycles. The van der Waals surface area contributed by atoms with Gasteiger partial charge in [0.15, 0.2) is 5.82 Å². The number of pyridine rings is 1. The van der Waals surface area contributed by atoms with Crippen LogP contribution < -0.4 is 11.1 Å². The van der Waals surface area contributed by atoms with E-state index in [1.165, 1.54) is 23.9 Å². The van der Waals surface area contributed by atoms with E-state index in [1.54, 1.807) is 10.8 Å². The Kier molecular flexibility index (Phi) is 5.28. The summed E-state index contributed by atoms with van der Waals surface area (Å²) in [6.45, 7) is 3.58. The molecule has 0 amide bonds. The predicted molar refractivity (Wildman–Crippen MR) is 111 cm³/mol. The Labute approximate surface area is 175 Å². The molecule has 2 aliphatic heterocycles. The lowest BCUT2D eigenvalue weighted by Crippen LogP contribution is -2.53. The van der Waals surface area contributed by atoms with Gasteiger partial charge in [-0.1, -0.05) is 25.3 Å². The molecule has 160 valence electrons. The Morgan fingerprint density at radius 2 is 1.97 bits per heavy atom. The van der Waals surface area contributed by atoms with Crippen LogP contribution >= 0.6 is 0 Å². The number of fused-ring (bicyclic) bond motifs is 1. The highest BCUT2D eigenvalue weighted by molar-refractivity contribution is 5.06. The molecule has 1 spiro atoms.